The Kier molecular flexibility index (Phi) is 8.14. The van der Waals surface area contributed by atoms with Gasteiger partial charge in [0, 0.05) is 26.6 Å². The van der Waals surface area contributed by atoms with Gasteiger partial charge in [-0.1, -0.05) is 54.9 Å². The summed E-state index contributed by atoms with van der Waals surface area (Å²) in [5.74, 6) is 0.942. The second-order valence-electron chi connectivity index (χ2n) is 6.47. The number of aliphatic imine (C=N–C) groups is 1. The Labute approximate surface area is 166 Å². The monoisotopic (exact) mass is 386 g/mol. The van der Waals surface area contributed by atoms with E-state index in [0.717, 1.165) is 12.1 Å². The molecule has 0 aliphatic carbocycles. The molecule has 0 bridgehead atoms. The van der Waals surface area contributed by atoms with Crippen molar-refractivity contribution < 1.29 is 4.79 Å². The molecule has 0 spiro atoms. The molecule has 0 fully saturated rings. The van der Waals surface area contributed by atoms with Gasteiger partial charge in [0.25, 0.3) is 0 Å². The van der Waals surface area contributed by atoms with Gasteiger partial charge in [0.1, 0.15) is 0 Å². The summed E-state index contributed by atoms with van der Waals surface area (Å²) in [7, 11) is 1.72. The highest BCUT2D eigenvalue weighted by Crippen LogP contribution is 2.22. The largest absolute Gasteiger partial charge is 0.356 e. The van der Waals surface area contributed by atoms with Crippen molar-refractivity contribution in [2.45, 2.75) is 26.2 Å². The standard InChI is InChI=1S/C21H27ClN4O/c1-15-9-10-19(18(22)13-15)26-20(27)11-12-24-21(23-3)25-14-16(2)17-7-5-4-6-8-17/h4-10,13,16H,11-12,14H2,1-3H3,(H,26,27)(H2,23,24,25). The number of rotatable bonds is 7. The summed E-state index contributed by atoms with van der Waals surface area (Å²) in [6.45, 7) is 5.36. The first-order valence-electron chi connectivity index (χ1n) is 9.05. The van der Waals surface area contributed by atoms with Crippen LogP contribution in [-0.4, -0.2) is 32.0 Å². The van der Waals surface area contributed by atoms with E-state index in [0.29, 0.717) is 35.6 Å². The molecule has 144 valence electrons. The summed E-state index contributed by atoms with van der Waals surface area (Å²) >= 11 is 6.14. The third-order valence-electron chi connectivity index (χ3n) is 4.21. The molecule has 2 aromatic rings. The number of amides is 1. The Bertz CT molecular complexity index is 777. The van der Waals surface area contributed by atoms with Crippen LogP contribution in [0.15, 0.2) is 53.5 Å². The Morgan fingerprint density at radius 3 is 2.56 bits per heavy atom. The first-order valence-corrected chi connectivity index (χ1v) is 9.43. The Morgan fingerprint density at radius 1 is 1.15 bits per heavy atom. The summed E-state index contributed by atoms with van der Waals surface area (Å²) in [5, 5.41) is 9.83. The lowest BCUT2D eigenvalue weighted by atomic mass is 10.0. The summed E-state index contributed by atoms with van der Waals surface area (Å²) < 4.78 is 0. The van der Waals surface area contributed by atoms with Crippen LogP contribution in [-0.2, 0) is 4.79 Å². The van der Waals surface area contributed by atoms with Gasteiger partial charge in [-0.05, 0) is 36.1 Å². The van der Waals surface area contributed by atoms with E-state index < -0.39 is 0 Å². The van der Waals surface area contributed by atoms with Gasteiger partial charge in [0.15, 0.2) is 5.96 Å². The SMILES string of the molecule is CN=C(NCCC(=O)Nc1ccc(C)cc1Cl)NCC(C)c1ccccc1. The fourth-order valence-corrected chi connectivity index (χ4v) is 2.88. The molecule has 2 rings (SSSR count). The van der Waals surface area contributed by atoms with Gasteiger partial charge in [-0.25, -0.2) is 0 Å². The number of nitrogens with zero attached hydrogens (tertiary/aromatic N) is 1. The fourth-order valence-electron chi connectivity index (χ4n) is 2.60. The van der Waals surface area contributed by atoms with E-state index in [1.165, 1.54) is 5.56 Å². The molecule has 0 heterocycles. The maximum Gasteiger partial charge on any atom is 0.226 e. The molecular formula is C21H27ClN4O. The lowest BCUT2D eigenvalue weighted by Gasteiger charge is -2.16. The highest BCUT2D eigenvalue weighted by Gasteiger charge is 2.08. The number of guanidine groups is 1. The average Bonchev–Trinajstić information content (AvgIpc) is 2.67. The van der Waals surface area contributed by atoms with Crippen molar-refractivity contribution in [3.8, 4) is 0 Å². The molecule has 6 heteroatoms. The van der Waals surface area contributed by atoms with Crippen molar-refractivity contribution in [1.29, 1.82) is 0 Å². The van der Waals surface area contributed by atoms with E-state index in [4.69, 9.17) is 11.6 Å². The number of carbonyl (C=O) groups is 1. The second kappa shape index (κ2) is 10.6. The summed E-state index contributed by atoms with van der Waals surface area (Å²) in [6.07, 6.45) is 0.319. The Hall–Kier alpha value is -2.53. The number of aryl methyl sites for hydroxylation is 1. The summed E-state index contributed by atoms with van der Waals surface area (Å²) in [6, 6.07) is 15.9. The molecule has 1 unspecified atom stereocenters. The van der Waals surface area contributed by atoms with E-state index in [-0.39, 0.29) is 5.91 Å². The average molecular weight is 387 g/mol. The lowest BCUT2D eigenvalue weighted by molar-refractivity contribution is -0.116. The van der Waals surface area contributed by atoms with Crippen LogP contribution < -0.4 is 16.0 Å². The van der Waals surface area contributed by atoms with Crippen LogP contribution in [0.5, 0.6) is 0 Å². The van der Waals surface area contributed by atoms with E-state index >= 15 is 0 Å². The zero-order valence-corrected chi connectivity index (χ0v) is 16.8. The molecule has 0 saturated carbocycles. The van der Waals surface area contributed by atoms with Crippen LogP contribution in [0.3, 0.4) is 0 Å². The Morgan fingerprint density at radius 2 is 1.89 bits per heavy atom. The number of carbonyl (C=O) groups excluding carboxylic acids is 1. The molecule has 0 aliphatic rings. The third-order valence-corrected chi connectivity index (χ3v) is 4.52. The number of anilines is 1. The fraction of sp³-hybridized carbons (Fsp3) is 0.333. The molecule has 1 amide bonds. The molecule has 0 radical (unpaired) electrons. The van der Waals surface area contributed by atoms with Crippen molar-refractivity contribution in [1.82, 2.24) is 10.6 Å². The zero-order chi connectivity index (χ0) is 19.6. The van der Waals surface area contributed by atoms with Crippen molar-refractivity contribution in [2.24, 2.45) is 4.99 Å². The predicted molar refractivity (Wildman–Crippen MR) is 114 cm³/mol. The minimum Gasteiger partial charge on any atom is -0.356 e. The summed E-state index contributed by atoms with van der Waals surface area (Å²) in [4.78, 5) is 16.3. The van der Waals surface area contributed by atoms with E-state index in [1.54, 1.807) is 7.05 Å². The first kappa shape index (κ1) is 20.8. The molecule has 1 atom stereocenters. The van der Waals surface area contributed by atoms with Crippen LogP contribution in [0.4, 0.5) is 5.69 Å². The van der Waals surface area contributed by atoms with Crippen LogP contribution in [0.2, 0.25) is 5.02 Å². The van der Waals surface area contributed by atoms with Crippen molar-refractivity contribution >= 4 is 29.2 Å². The number of nitrogens with one attached hydrogen (secondary N) is 3. The number of hydrogen-bond acceptors (Lipinski definition) is 2. The van der Waals surface area contributed by atoms with Gasteiger partial charge >= 0.3 is 0 Å². The van der Waals surface area contributed by atoms with Crippen molar-refractivity contribution in [2.75, 3.05) is 25.5 Å². The van der Waals surface area contributed by atoms with E-state index in [2.05, 4.69) is 40.0 Å². The third kappa shape index (κ3) is 6.94. The molecule has 0 saturated heterocycles. The van der Waals surface area contributed by atoms with Gasteiger partial charge in [-0.3, -0.25) is 9.79 Å². The topological polar surface area (TPSA) is 65.5 Å². The maximum atomic E-state index is 12.1. The first-order chi connectivity index (χ1) is 13.0. The van der Waals surface area contributed by atoms with Crippen LogP contribution in [0.25, 0.3) is 0 Å². The predicted octanol–water partition coefficient (Wildman–Crippen LogP) is 3.95. The van der Waals surface area contributed by atoms with E-state index in [9.17, 15) is 4.79 Å². The highest BCUT2D eigenvalue weighted by atomic mass is 35.5. The zero-order valence-electron chi connectivity index (χ0n) is 16.1. The molecule has 5 nitrogen and oxygen atoms in total. The van der Waals surface area contributed by atoms with Gasteiger partial charge < -0.3 is 16.0 Å². The quantitative estimate of drug-likeness (QED) is 0.498. The van der Waals surface area contributed by atoms with Crippen LogP contribution in [0.1, 0.15) is 30.4 Å². The smallest absolute Gasteiger partial charge is 0.226 e. The van der Waals surface area contributed by atoms with Crippen LogP contribution >= 0.6 is 11.6 Å². The van der Waals surface area contributed by atoms with Gasteiger partial charge in [-0.2, -0.15) is 0 Å². The number of hydrogen-bond donors (Lipinski definition) is 3. The molecule has 3 N–H and O–H groups in total. The normalized spacial score (nSPS) is 12.4. The minimum absolute atomic E-state index is 0.0960. The summed E-state index contributed by atoms with van der Waals surface area (Å²) in [5.41, 5.74) is 2.96. The van der Waals surface area contributed by atoms with Gasteiger partial charge in [-0.15, -0.1) is 0 Å². The molecule has 0 aliphatic heterocycles. The molecule has 2 aromatic carbocycles. The van der Waals surface area contributed by atoms with Crippen molar-refractivity contribution in [3.05, 3.63) is 64.7 Å². The molecule has 27 heavy (non-hydrogen) atoms. The lowest BCUT2D eigenvalue weighted by Crippen LogP contribution is -2.40. The maximum absolute atomic E-state index is 12.1. The van der Waals surface area contributed by atoms with Crippen LogP contribution in [0, 0.1) is 6.92 Å². The second-order valence-corrected chi connectivity index (χ2v) is 6.88. The molecule has 0 aromatic heterocycles. The van der Waals surface area contributed by atoms with Gasteiger partial charge in [0.2, 0.25) is 5.91 Å². The molecular weight excluding hydrogens is 360 g/mol. The number of benzene rings is 2. The van der Waals surface area contributed by atoms with Crippen molar-refractivity contribution in [3.63, 3.8) is 0 Å². The highest BCUT2D eigenvalue weighted by molar-refractivity contribution is 6.33. The number of halogens is 1. The van der Waals surface area contributed by atoms with Gasteiger partial charge in [0.05, 0.1) is 10.7 Å². The minimum atomic E-state index is -0.0960. The van der Waals surface area contributed by atoms with E-state index in [1.807, 2.05) is 43.3 Å². The Balaban J connectivity index is 1.73.